The number of hydrogen-bond acceptors (Lipinski definition) is 4. The third-order valence-electron chi connectivity index (χ3n) is 4.83. The van der Waals surface area contributed by atoms with E-state index in [9.17, 15) is 0 Å². The number of hydrogen-bond donors (Lipinski definition) is 0. The molecule has 0 unspecified atom stereocenters. The van der Waals surface area contributed by atoms with Gasteiger partial charge in [0, 0.05) is 50.0 Å². The number of aryl methyl sites for hydroxylation is 1. The summed E-state index contributed by atoms with van der Waals surface area (Å²) in [5.74, 6) is 2.67. The van der Waals surface area contributed by atoms with Gasteiger partial charge in [-0.3, -0.25) is 4.98 Å². The quantitative estimate of drug-likeness (QED) is 0.734. The number of piperidine rings is 1. The van der Waals surface area contributed by atoms with Crippen LogP contribution in [0, 0.1) is 6.92 Å². The largest absolute Gasteiger partial charge is 0.356 e. The SMILES string of the molecule is Cc1ccc(N2CCC[C@@H](c3nccn3Cc3cccnc3)C2)nc1. The van der Waals surface area contributed by atoms with E-state index in [1.807, 2.05) is 30.9 Å². The van der Waals surface area contributed by atoms with Crippen molar-refractivity contribution in [2.45, 2.75) is 32.2 Å². The summed E-state index contributed by atoms with van der Waals surface area (Å²) in [4.78, 5) is 15.9. The van der Waals surface area contributed by atoms with Gasteiger partial charge in [-0.25, -0.2) is 9.97 Å². The van der Waals surface area contributed by atoms with Gasteiger partial charge in [-0.2, -0.15) is 0 Å². The molecule has 1 aliphatic heterocycles. The molecule has 1 atom stereocenters. The van der Waals surface area contributed by atoms with E-state index in [4.69, 9.17) is 0 Å². The fourth-order valence-corrected chi connectivity index (χ4v) is 3.55. The molecule has 4 rings (SSSR count). The second-order valence-electron chi connectivity index (χ2n) is 6.75. The maximum Gasteiger partial charge on any atom is 0.128 e. The summed E-state index contributed by atoms with van der Waals surface area (Å²) in [6.07, 6.45) is 12.0. The molecule has 3 aromatic rings. The van der Waals surface area contributed by atoms with E-state index in [1.165, 1.54) is 29.8 Å². The maximum atomic E-state index is 4.67. The van der Waals surface area contributed by atoms with Crippen LogP contribution in [0.1, 0.15) is 35.7 Å². The second-order valence-corrected chi connectivity index (χ2v) is 6.75. The molecule has 0 spiro atoms. The van der Waals surface area contributed by atoms with Crippen molar-refractivity contribution in [3.8, 4) is 0 Å². The Hall–Kier alpha value is -2.69. The van der Waals surface area contributed by atoms with E-state index in [1.54, 1.807) is 0 Å². The number of nitrogens with zero attached hydrogens (tertiary/aromatic N) is 5. The van der Waals surface area contributed by atoms with Crippen molar-refractivity contribution in [1.29, 1.82) is 0 Å². The highest BCUT2D eigenvalue weighted by Gasteiger charge is 2.25. The van der Waals surface area contributed by atoms with Gasteiger partial charge >= 0.3 is 0 Å². The smallest absolute Gasteiger partial charge is 0.128 e. The Morgan fingerprint density at radius 2 is 2.08 bits per heavy atom. The molecule has 25 heavy (non-hydrogen) atoms. The van der Waals surface area contributed by atoms with Gasteiger partial charge in [0.25, 0.3) is 0 Å². The molecule has 0 bridgehead atoms. The summed E-state index contributed by atoms with van der Waals surface area (Å²) >= 11 is 0. The van der Waals surface area contributed by atoms with Gasteiger partial charge in [0.15, 0.2) is 0 Å². The molecule has 0 aliphatic carbocycles. The third kappa shape index (κ3) is 3.55. The molecule has 0 aromatic carbocycles. The predicted octanol–water partition coefficient (Wildman–Crippen LogP) is 3.41. The van der Waals surface area contributed by atoms with Gasteiger partial charge in [0.05, 0.1) is 6.54 Å². The minimum Gasteiger partial charge on any atom is -0.356 e. The van der Waals surface area contributed by atoms with Crippen molar-refractivity contribution >= 4 is 5.82 Å². The Balaban J connectivity index is 1.52. The Morgan fingerprint density at radius 1 is 1.12 bits per heavy atom. The van der Waals surface area contributed by atoms with E-state index in [0.29, 0.717) is 5.92 Å². The lowest BCUT2D eigenvalue weighted by molar-refractivity contribution is 0.474. The Morgan fingerprint density at radius 3 is 2.88 bits per heavy atom. The van der Waals surface area contributed by atoms with Crippen LogP contribution in [0.5, 0.6) is 0 Å². The van der Waals surface area contributed by atoms with Gasteiger partial charge < -0.3 is 9.47 Å². The second kappa shape index (κ2) is 7.05. The fraction of sp³-hybridized carbons (Fsp3) is 0.350. The Bertz CT molecular complexity index is 810. The van der Waals surface area contributed by atoms with Gasteiger partial charge in [0.1, 0.15) is 11.6 Å². The minimum atomic E-state index is 0.434. The number of rotatable bonds is 4. The van der Waals surface area contributed by atoms with E-state index >= 15 is 0 Å². The molecule has 0 amide bonds. The first-order chi connectivity index (χ1) is 12.3. The first kappa shape index (κ1) is 15.8. The molecule has 1 saturated heterocycles. The first-order valence-electron chi connectivity index (χ1n) is 8.87. The normalized spacial score (nSPS) is 17.6. The van der Waals surface area contributed by atoms with Gasteiger partial charge in [0.2, 0.25) is 0 Å². The van der Waals surface area contributed by atoms with Crippen LogP contribution in [-0.4, -0.2) is 32.6 Å². The van der Waals surface area contributed by atoms with Crippen LogP contribution in [0.2, 0.25) is 0 Å². The summed E-state index contributed by atoms with van der Waals surface area (Å²) in [5.41, 5.74) is 2.40. The molecule has 0 N–H and O–H groups in total. The highest BCUT2D eigenvalue weighted by atomic mass is 15.2. The van der Waals surface area contributed by atoms with Gasteiger partial charge in [-0.1, -0.05) is 12.1 Å². The van der Waals surface area contributed by atoms with E-state index in [2.05, 4.69) is 55.7 Å². The van der Waals surface area contributed by atoms with Crippen molar-refractivity contribution < 1.29 is 0 Å². The molecular weight excluding hydrogens is 310 g/mol. The summed E-state index contributed by atoms with van der Waals surface area (Å²) in [7, 11) is 0. The lowest BCUT2D eigenvalue weighted by Crippen LogP contribution is -2.36. The third-order valence-corrected chi connectivity index (χ3v) is 4.83. The van der Waals surface area contributed by atoms with Crippen molar-refractivity contribution in [2.75, 3.05) is 18.0 Å². The first-order valence-corrected chi connectivity index (χ1v) is 8.87. The van der Waals surface area contributed by atoms with Crippen molar-refractivity contribution in [1.82, 2.24) is 19.5 Å². The molecule has 128 valence electrons. The molecule has 4 heterocycles. The molecule has 1 fully saturated rings. The highest BCUT2D eigenvalue weighted by Crippen LogP contribution is 2.28. The van der Waals surface area contributed by atoms with E-state index < -0.39 is 0 Å². The number of aromatic nitrogens is 4. The molecule has 3 aromatic heterocycles. The van der Waals surface area contributed by atoms with Crippen molar-refractivity contribution in [3.63, 3.8) is 0 Å². The topological polar surface area (TPSA) is 46.8 Å². The average Bonchev–Trinajstić information content (AvgIpc) is 3.11. The van der Waals surface area contributed by atoms with Crippen molar-refractivity contribution in [2.24, 2.45) is 0 Å². The number of anilines is 1. The predicted molar refractivity (Wildman–Crippen MR) is 98.7 cm³/mol. The summed E-state index contributed by atoms with van der Waals surface area (Å²) in [5, 5.41) is 0. The number of imidazole rings is 1. The zero-order valence-electron chi connectivity index (χ0n) is 14.5. The van der Waals surface area contributed by atoms with Crippen molar-refractivity contribution in [3.05, 3.63) is 72.2 Å². The zero-order valence-corrected chi connectivity index (χ0v) is 14.5. The highest BCUT2D eigenvalue weighted by molar-refractivity contribution is 5.40. The molecule has 0 radical (unpaired) electrons. The lowest BCUT2D eigenvalue weighted by Gasteiger charge is -2.33. The van der Waals surface area contributed by atoms with Crippen LogP contribution in [-0.2, 0) is 6.54 Å². The molecule has 5 heteroatoms. The monoisotopic (exact) mass is 333 g/mol. The van der Waals surface area contributed by atoms with Crippen LogP contribution >= 0.6 is 0 Å². The van der Waals surface area contributed by atoms with E-state index in [-0.39, 0.29) is 0 Å². The summed E-state index contributed by atoms with van der Waals surface area (Å²) in [6.45, 7) is 4.93. The van der Waals surface area contributed by atoms with Crippen LogP contribution in [0.25, 0.3) is 0 Å². The van der Waals surface area contributed by atoms with Crippen LogP contribution in [0.15, 0.2) is 55.2 Å². The maximum absolute atomic E-state index is 4.67. The zero-order chi connectivity index (χ0) is 17.1. The standard InChI is InChI=1S/C20H23N5/c1-16-6-7-19(23-12-16)24-10-3-5-18(15-24)20-22-9-11-25(20)14-17-4-2-8-21-13-17/h2,4,6-9,11-13,18H,3,5,10,14-15H2,1H3/t18-/m1/s1. The Kier molecular flexibility index (Phi) is 4.46. The fourth-order valence-electron chi connectivity index (χ4n) is 3.55. The average molecular weight is 333 g/mol. The van der Waals surface area contributed by atoms with Crippen LogP contribution in [0.3, 0.4) is 0 Å². The number of pyridine rings is 2. The van der Waals surface area contributed by atoms with Gasteiger partial charge in [-0.15, -0.1) is 0 Å². The molecule has 1 aliphatic rings. The molecular formula is C20H23N5. The van der Waals surface area contributed by atoms with Crippen LogP contribution in [0.4, 0.5) is 5.82 Å². The van der Waals surface area contributed by atoms with Crippen LogP contribution < -0.4 is 4.90 Å². The lowest BCUT2D eigenvalue weighted by atomic mass is 9.97. The van der Waals surface area contributed by atoms with E-state index in [0.717, 1.165) is 25.5 Å². The molecule has 0 saturated carbocycles. The minimum absolute atomic E-state index is 0.434. The summed E-state index contributed by atoms with van der Waals surface area (Å²) < 4.78 is 2.26. The summed E-state index contributed by atoms with van der Waals surface area (Å²) in [6, 6.07) is 8.35. The Labute approximate surface area is 148 Å². The molecule has 5 nitrogen and oxygen atoms in total. The van der Waals surface area contributed by atoms with Gasteiger partial charge in [-0.05, 0) is 43.0 Å².